The molecule has 3 nitrogen and oxygen atoms in total. The highest BCUT2D eigenvalue weighted by Crippen LogP contribution is 2.65. The van der Waals surface area contributed by atoms with E-state index in [2.05, 4.69) is 13.8 Å². The van der Waals surface area contributed by atoms with Crippen LogP contribution in [-0.4, -0.2) is 20.3 Å². The van der Waals surface area contributed by atoms with Crippen LogP contribution in [0, 0.1) is 16.7 Å². The fourth-order valence-corrected chi connectivity index (χ4v) is 4.73. The van der Waals surface area contributed by atoms with E-state index in [9.17, 15) is 9.00 Å². The second-order valence-electron chi connectivity index (χ2n) is 5.43. The van der Waals surface area contributed by atoms with Crippen molar-refractivity contribution in [2.45, 2.75) is 33.6 Å². The van der Waals surface area contributed by atoms with Gasteiger partial charge in [0.1, 0.15) is 0 Å². The molecule has 2 bridgehead atoms. The molecule has 1 N–H and O–H groups in total. The Balaban J connectivity index is 2.51. The lowest BCUT2D eigenvalue weighted by Crippen LogP contribution is -2.40. The number of fused-ring (bicyclic) bond motifs is 2. The zero-order chi connectivity index (χ0) is 12.1. The molecule has 0 aromatic heterocycles. The zero-order valence-electron chi connectivity index (χ0n) is 9.95. The molecule has 0 heterocycles. The topological polar surface area (TPSA) is 54.4 Å². The van der Waals surface area contributed by atoms with Crippen LogP contribution in [0.15, 0.2) is 11.6 Å². The van der Waals surface area contributed by atoms with Crippen molar-refractivity contribution >= 4 is 16.9 Å². The van der Waals surface area contributed by atoms with E-state index in [1.807, 2.05) is 13.0 Å². The highest BCUT2D eigenvalue weighted by atomic mass is 32.2. The fourth-order valence-electron chi connectivity index (χ4n) is 3.66. The summed E-state index contributed by atoms with van der Waals surface area (Å²) >= 11 is -1.90. The third-order valence-electron chi connectivity index (χ3n) is 4.72. The second-order valence-corrected chi connectivity index (χ2v) is 6.37. The molecule has 2 fully saturated rings. The minimum absolute atomic E-state index is 0.0900. The van der Waals surface area contributed by atoms with Crippen LogP contribution in [0.4, 0.5) is 0 Å². The molecule has 3 atom stereocenters. The number of Topliss-reactive ketones (excluding diaryl/α,β-unsaturated/α-hetero) is 1. The number of allylic oxidation sites excluding steroid dienone is 2. The van der Waals surface area contributed by atoms with Gasteiger partial charge in [-0.2, -0.15) is 0 Å². The van der Waals surface area contributed by atoms with E-state index in [0.717, 1.165) is 18.4 Å². The third-order valence-corrected chi connectivity index (χ3v) is 5.46. The molecular formula is C12H18O3S. The molecule has 16 heavy (non-hydrogen) atoms. The number of carbonyl (C=O) groups is 1. The summed E-state index contributed by atoms with van der Waals surface area (Å²) in [6, 6.07) is 0. The number of ketones is 1. The zero-order valence-corrected chi connectivity index (χ0v) is 10.8. The maximum absolute atomic E-state index is 12.4. The Labute approximate surface area is 98.6 Å². The van der Waals surface area contributed by atoms with E-state index < -0.39 is 16.5 Å². The molecule has 4 heteroatoms. The Morgan fingerprint density at radius 3 is 2.62 bits per heavy atom. The summed E-state index contributed by atoms with van der Waals surface area (Å²) in [5.74, 6) is 0.472. The molecule has 2 saturated carbocycles. The predicted molar refractivity (Wildman–Crippen MR) is 63.3 cm³/mol. The molecule has 2 aliphatic carbocycles. The lowest BCUT2D eigenvalue weighted by Gasteiger charge is -2.34. The third kappa shape index (κ3) is 1.23. The van der Waals surface area contributed by atoms with E-state index in [1.54, 1.807) is 0 Å². The van der Waals surface area contributed by atoms with Gasteiger partial charge in [0.2, 0.25) is 0 Å². The summed E-state index contributed by atoms with van der Waals surface area (Å²) in [5, 5.41) is 0. The smallest absolute Gasteiger partial charge is 0.166 e. The van der Waals surface area contributed by atoms with Crippen molar-refractivity contribution in [1.82, 2.24) is 0 Å². The molecule has 90 valence electrons. The average molecular weight is 242 g/mol. The summed E-state index contributed by atoms with van der Waals surface area (Å²) in [6.45, 7) is 6.01. The van der Waals surface area contributed by atoms with Crippen molar-refractivity contribution in [3.63, 3.8) is 0 Å². The second kappa shape index (κ2) is 3.50. The quantitative estimate of drug-likeness (QED) is 0.596. The van der Waals surface area contributed by atoms with Crippen LogP contribution in [0.1, 0.15) is 33.6 Å². The largest absolute Gasteiger partial charge is 0.306 e. The van der Waals surface area contributed by atoms with Gasteiger partial charge in [-0.3, -0.25) is 4.79 Å². The van der Waals surface area contributed by atoms with Gasteiger partial charge in [-0.1, -0.05) is 19.9 Å². The van der Waals surface area contributed by atoms with Gasteiger partial charge < -0.3 is 4.55 Å². The Bertz CT molecular complexity index is 397. The molecule has 0 radical (unpaired) electrons. The van der Waals surface area contributed by atoms with Gasteiger partial charge in [0, 0.05) is 0 Å². The number of hydrogen-bond acceptors (Lipinski definition) is 2. The normalized spacial score (nSPS) is 40.6. The van der Waals surface area contributed by atoms with Crippen molar-refractivity contribution in [3.8, 4) is 0 Å². The first-order valence-corrected chi connectivity index (χ1v) is 6.93. The van der Waals surface area contributed by atoms with Gasteiger partial charge in [0.05, 0.1) is 11.2 Å². The van der Waals surface area contributed by atoms with E-state index in [1.165, 1.54) is 0 Å². The number of hydrogen-bond donors (Lipinski definition) is 1. The van der Waals surface area contributed by atoms with Crippen LogP contribution >= 0.6 is 0 Å². The van der Waals surface area contributed by atoms with E-state index in [0.29, 0.717) is 0 Å². The van der Waals surface area contributed by atoms with Crippen LogP contribution in [0.25, 0.3) is 0 Å². The molecule has 0 saturated heterocycles. The van der Waals surface area contributed by atoms with Gasteiger partial charge in [0.25, 0.3) is 0 Å². The standard InChI is InChI=1S/C12H18O3S/c1-4-8-9-5-6-12(10(8)13,7-16(14)15)11(9,2)3/h4,9H,5-7H2,1-3H3,(H,14,15)/b8-4+. The SMILES string of the molecule is C/C=C1/C(=O)C2(CS(=O)O)CCC1C2(C)C. The summed E-state index contributed by atoms with van der Waals surface area (Å²) in [6.07, 6.45) is 3.61. The minimum Gasteiger partial charge on any atom is -0.306 e. The maximum atomic E-state index is 12.4. The average Bonchev–Trinajstić information content (AvgIpc) is 2.49. The Morgan fingerprint density at radius 2 is 2.19 bits per heavy atom. The van der Waals surface area contributed by atoms with Crippen molar-refractivity contribution < 1.29 is 13.6 Å². The molecule has 0 aromatic rings. The minimum atomic E-state index is -1.90. The molecule has 0 aromatic carbocycles. The van der Waals surface area contributed by atoms with Crippen LogP contribution in [0.5, 0.6) is 0 Å². The van der Waals surface area contributed by atoms with Crippen LogP contribution in [-0.2, 0) is 15.9 Å². The van der Waals surface area contributed by atoms with E-state index in [-0.39, 0.29) is 22.9 Å². The van der Waals surface area contributed by atoms with Crippen molar-refractivity contribution in [2.24, 2.45) is 16.7 Å². The first-order chi connectivity index (χ1) is 7.37. The molecule has 2 aliphatic rings. The van der Waals surface area contributed by atoms with Crippen molar-refractivity contribution in [2.75, 3.05) is 5.75 Å². The van der Waals surface area contributed by atoms with Gasteiger partial charge in [-0.15, -0.1) is 0 Å². The maximum Gasteiger partial charge on any atom is 0.166 e. The molecule has 0 aliphatic heterocycles. The van der Waals surface area contributed by atoms with Gasteiger partial charge in [-0.05, 0) is 36.7 Å². The summed E-state index contributed by atoms with van der Waals surface area (Å²) in [4.78, 5) is 12.4. The first-order valence-electron chi connectivity index (χ1n) is 5.65. The Hall–Kier alpha value is -0.480. The van der Waals surface area contributed by atoms with Crippen molar-refractivity contribution in [1.29, 1.82) is 0 Å². The predicted octanol–water partition coefficient (Wildman–Crippen LogP) is 2.16. The Morgan fingerprint density at radius 1 is 1.56 bits per heavy atom. The van der Waals surface area contributed by atoms with Crippen LogP contribution < -0.4 is 0 Å². The summed E-state index contributed by atoms with van der Waals surface area (Å²) in [5.41, 5.74) is 0.102. The summed E-state index contributed by atoms with van der Waals surface area (Å²) < 4.78 is 20.2. The first kappa shape index (κ1) is 12.0. The molecule has 2 rings (SSSR count). The number of rotatable bonds is 2. The lowest BCUT2D eigenvalue weighted by atomic mass is 9.70. The van der Waals surface area contributed by atoms with Crippen molar-refractivity contribution in [3.05, 3.63) is 11.6 Å². The van der Waals surface area contributed by atoms with Gasteiger partial charge in [-0.25, -0.2) is 4.21 Å². The monoisotopic (exact) mass is 242 g/mol. The van der Waals surface area contributed by atoms with E-state index >= 15 is 0 Å². The highest BCUT2D eigenvalue weighted by Gasteiger charge is 2.66. The molecule has 0 amide bonds. The van der Waals surface area contributed by atoms with Crippen LogP contribution in [0.3, 0.4) is 0 Å². The molecule has 0 spiro atoms. The lowest BCUT2D eigenvalue weighted by molar-refractivity contribution is -0.125. The van der Waals surface area contributed by atoms with Crippen LogP contribution in [0.2, 0.25) is 0 Å². The fraction of sp³-hybridized carbons (Fsp3) is 0.750. The highest BCUT2D eigenvalue weighted by molar-refractivity contribution is 7.79. The Kier molecular flexibility index (Phi) is 2.63. The molecular weight excluding hydrogens is 224 g/mol. The number of carbonyl (C=O) groups excluding carboxylic acids is 1. The van der Waals surface area contributed by atoms with E-state index in [4.69, 9.17) is 4.55 Å². The molecule has 3 unspecified atom stereocenters. The van der Waals surface area contributed by atoms with Gasteiger partial charge in [0.15, 0.2) is 16.9 Å². The summed E-state index contributed by atoms with van der Waals surface area (Å²) in [7, 11) is 0. The van der Waals surface area contributed by atoms with Gasteiger partial charge >= 0.3 is 0 Å².